The zero-order valence-electron chi connectivity index (χ0n) is 11.3. The van der Waals surface area contributed by atoms with E-state index in [1.807, 2.05) is 24.3 Å². The van der Waals surface area contributed by atoms with Crippen molar-refractivity contribution in [1.29, 1.82) is 0 Å². The lowest BCUT2D eigenvalue weighted by atomic mass is 9.91. The van der Waals surface area contributed by atoms with E-state index < -0.39 is 0 Å². The number of fused-ring (bicyclic) bond motifs is 1. The second kappa shape index (κ2) is 5.94. The zero-order chi connectivity index (χ0) is 13.9. The van der Waals surface area contributed by atoms with E-state index in [4.69, 9.17) is 16.7 Å². The van der Waals surface area contributed by atoms with Crippen LogP contribution in [0.4, 0.5) is 5.82 Å². The molecule has 20 heavy (non-hydrogen) atoms. The summed E-state index contributed by atoms with van der Waals surface area (Å²) in [5.74, 6) is 0.902. The van der Waals surface area contributed by atoms with E-state index in [9.17, 15) is 0 Å². The molecule has 1 aliphatic rings. The van der Waals surface area contributed by atoms with Gasteiger partial charge in [-0.3, -0.25) is 0 Å². The molecule has 1 heterocycles. The summed E-state index contributed by atoms with van der Waals surface area (Å²) in [5, 5.41) is 10.4. The largest absolute Gasteiger partial charge is 0.396 e. The van der Waals surface area contributed by atoms with Crippen molar-refractivity contribution in [3.05, 3.63) is 29.5 Å². The summed E-state index contributed by atoms with van der Waals surface area (Å²) >= 11 is 6.07. The maximum atomic E-state index is 9.12. The van der Waals surface area contributed by atoms with Gasteiger partial charge in [0.2, 0.25) is 5.28 Å². The van der Waals surface area contributed by atoms with Crippen LogP contribution in [0.5, 0.6) is 0 Å². The van der Waals surface area contributed by atoms with Crippen LogP contribution in [-0.2, 0) is 0 Å². The molecule has 1 aliphatic carbocycles. The fourth-order valence-electron chi connectivity index (χ4n) is 2.65. The maximum Gasteiger partial charge on any atom is 0.224 e. The fourth-order valence-corrected chi connectivity index (χ4v) is 2.82. The van der Waals surface area contributed by atoms with Crippen molar-refractivity contribution in [3.63, 3.8) is 0 Å². The van der Waals surface area contributed by atoms with Crippen LogP contribution in [0.25, 0.3) is 10.9 Å². The zero-order valence-corrected chi connectivity index (χ0v) is 12.1. The molecular formula is C15H18ClN3O. The van der Waals surface area contributed by atoms with Gasteiger partial charge in [-0.1, -0.05) is 12.1 Å². The first-order valence-electron chi connectivity index (χ1n) is 7.09. The molecule has 1 aromatic carbocycles. The Labute approximate surface area is 123 Å². The van der Waals surface area contributed by atoms with Crippen LogP contribution in [-0.4, -0.2) is 34.3 Å². The highest BCUT2D eigenvalue weighted by atomic mass is 35.5. The van der Waals surface area contributed by atoms with Gasteiger partial charge in [0.05, 0.1) is 5.52 Å². The number of anilines is 1. The Kier molecular flexibility index (Phi) is 4.03. The smallest absolute Gasteiger partial charge is 0.224 e. The topological polar surface area (TPSA) is 49.2 Å². The number of hydrogen-bond acceptors (Lipinski definition) is 4. The minimum absolute atomic E-state index is 0.194. The molecule has 1 fully saturated rings. The van der Waals surface area contributed by atoms with Crippen molar-refractivity contribution in [3.8, 4) is 0 Å². The van der Waals surface area contributed by atoms with Crippen LogP contribution in [0.1, 0.15) is 25.7 Å². The summed E-state index contributed by atoms with van der Waals surface area (Å²) in [4.78, 5) is 11.0. The molecule has 0 saturated heterocycles. The van der Waals surface area contributed by atoms with E-state index in [0.29, 0.717) is 6.04 Å². The molecule has 3 rings (SSSR count). The SMILES string of the molecule is OCCCN(c1nc(Cl)nc2ccccc12)C1CCC1. The van der Waals surface area contributed by atoms with E-state index in [0.717, 1.165) is 29.7 Å². The van der Waals surface area contributed by atoms with E-state index >= 15 is 0 Å². The standard InChI is InChI=1S/C15H18ClN3O/c16-15-17-13-8-2-1-7-12(13)14(18-15)19(9-4-10-20)11-5-3-6-11/h1-2,7-8,11,20H,3-6,9-10H2. The van der Waals surface area contributed by atoms with Gasteiger partial charge in [-0.15, -0.1) is 0 Å². The van der Waals surface area contributed by atoms with Crippen molar-refractivity contribution in [2.45, 2.75) is 31.7 Å². The Bertz CT molecular complexity index is 601. The van der Waals surface area contributed by atoms with Crippen molar-refractivity contribution < 1.29 is 5.11 Å². The third-order valence-electron chi connectivity index (χ3n) is 3.90. The number of aliphatic hydroxyl groups is 1. The second-order valence-electron chi connectivity index (χ2n) is 5.19. The first-order valence-corrected chi connectivity index (χ1v) is 7.47. The van der Waals surface area contributed by atoms with E-state index in [1.165, 1.54) is 19.3 Å². The molecule has 5 heteroatoms. The summed E-state index contributed by atoms with van der Waals surface area (Å²) in [7, 11) is 0. The van der Waals surface area contributed by atoms with Crippen LogP contribution in [0.2, 0.25) is 5.28 Å². The average molecular weight is 292 g/mol. The van der Waals surface area contributed by atoms with Crippen LogP contribution < -0.4 is 4.90 Å². The molecule has 0 aliphatic heterocycles. The summed E-state index contributed by atoms with van der Waals surface area (Å²) in [6.07, 6.45) is 4.37. The number of aliphatic hydroxyl groups excluding tert-OH is 1. The number of rotatable bonds is 5. The molecule has 0 radical (unpaired) electrons. The van der Waals surface area contributed by atoms with Crippen molar-refractivity contribution >= 4 is 28.3 Å². The highest BCUT2D eigenvalue weighted by Crippen LogP contribution is 2.33. The number of para-hydroxylation sites is 1. The molecule has 1 N–H and O–H groups in total. The fraction of sp³-hybridized carbons (Fsp3) is 0.467. The quantitative estimate of drug-likeness (QED) is 0.860. The first kappa shape index (κ1) is 13.6. The average Bonchev–Trinajstić information content (AvgIpc) is 2.40. The van der Waals surface area contributed by atoms with Gasteiger partial charge in [-0.05, 0) is 49.4 Å². The number of benzene rings is 1. The molecule has 0 bridgehead atoms. The predicted molar refractivity (Wildman–Crippen MR) is 81.2 cm³/mol. The van der Waals surface area contributed by atoms with Gasteiger partial charge in [0.15, 0.2) is 0 Å². The molecule has 4 nitrogen and oxygen atoms in total. The third kappa shape index (κ3) is 2.58. The van der Waals surface area contributed by atoms with E-state index in [1.54, 1.807) is 0 Å². The Morgan fingerprint density at radius 1 is 1.25 bits per heavy atom. The third-order valence-corrected chi connectivity index (χ3v) is 4.07. The lowest BCUT2D eigenvalue weighted by Crippen LogP contribution is -2.41. The molecule has 106 valence electrons. The van der Waals surface area contributed by atoms with E-state index in [2.05, 4.69) is 14.9 Å². The summed E-state index contributed by atoms with van der Waals surface area (Å²) in [6.45, 7) is 0.998. The molecule has 0 atom stereocenters. The highest BCUT2D eigenvalue weighted by molar-refractivity contribution is 6.28. The van der Waals surface area contributed by atoms with Gasteiger partial charge >= 0.3 is 0 Å². The minimum atomic E-state index is 0.194. The molecule has 0 spiro atoms. The van der Waals surface area contributed by atoms with Crippen molar-refractivity contribution in [2.75, 3.05) is 18.1 Å². The maximum absolute atomic E-state index is 9.12. The number of aromatic nitrogens is 2. The number of hydrogen-bond donors (Lipinski definition) is 1. The van der Waals surface area contributed by atoms with Gasteiger partial charge in [-0.2, -0.15) is 4.98 Å². The van der Waals surface area contributed by atoms with Crippen LogP contribution >= 0.6 is 11.6 Å². The second-order valence-corrected chi connectivity index (χ2v) is 5.53. The Morgan fingerprint density at radius 3 is 2.75 bits per heavy atom. The van der Waals surface area contributed by atoms with Crippen LogP contribution in [0.3, 0.4) is 0 Å². The minimum Gasteiger partial charge on any atom is -0.396 e. The molecule has 0 unspecified atom stereocenters. The van der Waals surface area contributed by atoms with Gasteiger partial charge < -0.3 is 10.0 Å². The highest BCUT2D eigenvalue weighted by Gasteiger charge is 2.27. The summed E-state index contributed by atoms with van der Waals surface area (Å²) in [5.41, 5.74) is 0.871. The first-order chi connectivity index (χ1) is 9.79. The van der Waals surface area contributed by atoms with Crippen molar-refractivity contribution in [2.24, 2.45) is 0 Å². The Balaban J connectivity index is 2.04. The molecule has 1 saturated carbocycles. The normalized spacial score (nSPS) is 15.3. The van der Waals surface area contributed by atoms with Gasteiger partial charge in [0.25, 0.3) is 0 Å². The van der Waals surface area contributed by atoms with Gasteiger partial charge in [0, 0.05) is 24.6 Å². The lowest BCUT2D eigenvalue weighted by molar-refractivity contribution is 0.282. The molecule has 0 amide bonds. The summed E-state index contributed by atoms with van der Waals surface area (Å²) < 4.78 is 0. The van der Waals surface area contributed by atoms with Crippen LogP contribution in [0.15, 0.2) is 24.3 Å². The van der Waals surface area contributed by atoms with Gasteiger partial charge in [0.1, 0.15) is 5.82 Å². The molecular weight excluding hydrogens is 274 g/mol. The van der Waals surface area contributed by atoms with Crippen molar-refractivity contribution in [1.82, 2.24) is 9.97 Å². The monoisotopic (exact) mass is 291 g/mol. The Morgan fingerprint density at radius 2 is 2.05 bits per heavy atom. The summed E-state index contributed by atoms with van der Waals surface area (Å²) in [6, 6.07) is 8.45. The predicted octanol–water partition coefficient (Wildman–Crippen LogP) is 3.02. The number of nitrogens with zero attached hydrogens (tertiary/aromatic N) is 3. The molecule has 2 aromatic rings. The Hall–Kier alpha value is -1.39. The number of halogens is 1. The molecule has 1 aromatic heterocycles. The van der Waals surface area contributed by atoms with Crippen LogP contribution in [0, 0.1) is 0 Å². The van der Waals surface area contributed by atoms with Gasteiger partial charge in [-0.25, -0.2) is 4.98 Å². The van der Waals surface area contributed by atoms with E-state index in [-0.39, 0.29) is 11.9 Å². The lowest BCUT2D eigenvalue weighted by Gasteiger charge is -2.38.